The molecule has 0 saturated heterocycles. The summed E-state index contributed by atoms with van der Waals surface area (Å²) in [5.74, 6) is 0.161. The van der Waals surface area contributed by atoms with Gasteiger partial charge in [0.1, 0.15) is 5.83 Å². The van der Waals surface area contributed by atoms with Gasteiger partial charge >= 0.3 is 0 Å². The molecule has 1 aromatic carbocycles. The molecule has 1 aromatic rings. The summed E-state index contributed by atoms with van der Waals surface area (Å²) < 4.78 is 27.5. The zero-order chi connectivity index (χ0) is 15.9. The van der Waals surface area contributed by atoms with Gasteiger partial charge in [-0.05, 0) is 49.5 Å². The molecule has 1 saturated carbocycles. The van der Waals surface area contributed by atoms with Crippen molar-refractivity contribution in [2.45, 2.75) is 71.1 Å². The maximum absolute atomic E-state index is 13.9. The van der Waals surface area contributed by atoms with Crippen molar-refractivity contribution in [1.29, 1.82) is 0 Å². The molecule has 22 heavy (non-hydrogen) atoms. The molecular formula is C20H28F2. The van der Waals surface area contributed by atoms with Crippen molar-refractivity contribution in [3.8, 4) is 0 Å². The smallest absolute Gasteiger partial charge is 0.161 e. The largest absolute Gasteiger partial charge is 0.209 e. The predicted molar refractivity (Wildman–Crippen MR) is 90.1 cm³/mol. The van der Waals surface area contributed by atoms with Crippen LogP contribution in [0.1, 0.15) is 82.3 Å². The molecule has 2 rings (SSSR count). The second kappa shape index (κ2) is 8.45. The molecule has 0 amide bonds. The highest BCUT2D eigenvalue weighted by atomic mass is 19.2. The third-order valence-corrected chi connectivity index (χ3v) is 4.89. The molecule has 0 radical (unpaired) electrons. The molecule has 1 aliphatic carbocycles. The Balaban J connectivity index is 1.99. The molecule has 0 N–H and O–H groups in total. The van der Waals surface area contributed by atoms with E-state index in [0.29, 0.717) is 17.9 Å². The third kappa shape index (κ3) is 4.41. The summed E-state index contributed by atoms with van der Waals surface area (Å²) in [7, 11) is 0. The number of halogens is 2. The lowest BCUT2D eigenvalue weighted by Crippen LogP contribution is -2.13. The van der Waals surface area contributed by atoms with Crippen molar-refractivity contribution in [1.82, 2.24) is 0 Å². The molecule has 122 valence electrons. The molecular weight excluding hydrogens is 278 g/mol. The van der Waals surface area contributed by atoms with Gasteiger partial charge in [-0.1, -0.05) is 51.0 Å². The van der Waals surface area contributed by atoms with E-state index in [0.717, 1.165) is 5.92 Å². The summed E-state index contributed by atoms with van der Waals surface area (Å²) in [4.78, 5) is 0. The van der Waals surface area contributed by atoms with Gasteiger partial charge in [0.2, 0.25) is 0 Å². The number of hydrogen-bond donors (Lipinski definition) is 0. The van der Waals surface area contributed by atoms with Crippen LogP contribution in [0.4, 0.5) is 8.78 Å². The lowest BCUT2D eigenvalue weighted by Gasteiger charge is -2.28. The Bertz CT molecular complexity index is 479. The fourth-order valence-corrected chi connectivity index (χ4v) is 3.58. The Morgan fingerprint density at radius 3 is 2.14 bits per heavy atom. The highest BCUT2D eigenvalue weighted by Crippen LogP contribution is 2.38. The van der Waals surface area contributed by atoms with Crippen LogP contribution < -0.4 is 0 Å². The Labute approximate surface area is 133 Å². The first-order valence-electron chi connectivity index (χ1n) is 8.80. The van der Waals surface area contributed by atoms with Crippen LogP contribution in [0.3, 0.4) is 0 Å². The van der Waals surface area contributed by atoms with Crippen LogP contribution in [0.25, 0.3) is 5.83 Å². The van der Waals surface area contributed by atoms with E-state index < -0.39 is 11.7 Å². The normalized spacial score (nSPS) is 23.3. The second-order valence-electron chi connectivity index (χ2n) is 6.60. The SMILES string of the molecule is CCC/C(F)=C(\F)c1ccc(C2CCC(CCC)CC2)cc1. The topological polar surface area (TPSA) is 0 Å². The van der Waals surface area contributed by atoms with Gasteiger partial charge in [0, 0.05) is 12.0 Å². The predicted octanol–water partition coefficient (Wildman–Crippen LogP) is 7.17. The lowest BCUT2D eigenvalue weighted by atomic mass is 9.77. The van der Waals surface area contributed by atoms with Crippen LogP contribution >= 0.6 is 0 Å². The highest BCUT2D eigenvalue weighted by Gasteiger charge is 2.21. The number of allylic oxidation sites excluding steroid dienone is 1. The molecule has 0 bridgehead atoms. The van der Waals surface area contributed by atoms with E-state index in [1.165, 1.54) is 44.1 Å². The zero-order valence-electron chi connectivity index (χ0n) is 13.9. The van der Waals surface area contributed by atoms with Crippen molar-refractivity contribution in [2.24, 2.45) is 5.92 Å². The van der Waals surface area contributed by atoms with Gasteiger partial charge in [0.25, 0.3) is 0 Å². The first-order valence-corrected chi connectivity index (χ1v) is 8.80. The average Bonchev–Trinajstić information content (AvgIpc) is 2.55. The van der Waals surface area contributed by atoms with Gasteiger partial charge in [-0.25, -0.2) is 8.78 Å². The molecule has 0 spiro atoms. The van der Waals surface area contributed by atoms with E-state index in [4.69, 9.17) is 0 Å². The molecule has 0 aliphatic heterocycles. The van der Waals surface area contributed by atoms with E-state index in [2.05, 4.69) is 6.92 Å². The first-order chi connectivity index (χ1) is 10.7. The van der Waals surface area contributed by atoms with Gasteiger partial charge in [0.15, 0.2) is 5.83 Å². The lowest BCUT2D eigenvalue weighted by molar-refractivity contribution is 0.308. The van der Waals surface area contributed by atoms with Gasteiger partial charge in [-0.15, -0.1) is 0 Å². The molecule has 0 atom stereocenters. The summed E-state index contributed by atoms with van der Waals surface area (Å²) in [6, 6.07) is 7.44. The van der Waals surface area contributed by atoms with Crippen LogP contribution in [0.15, 0.2) is 30.1 Å². The Kier molecular flexibility index (Phi) is 6.60. The van der Waals surface area contributed by atoms with E-state index in [9.17, 15) is 8.78 Å². The number of benzene rings is 1. The maximum atomic E-state index is 13.9. The summed E-state index contributed by atoms with van der Waals surface area (Å²) >= 11 is 0. The molecule has 0 unspecified atom stereocenters. The molecule has 1 fully saturated rings. The standard InChI is InChI=1S/C20H28F2/c1-3-5-15-7-9-16(10-8-15)17-11-13-18(14-12-17)20(22)19(21)6-4-2/h11-16H,3-10H2,1-2H3/b20-19+. The minimum Gasteiger partial charge on any atom is -0.209 e. The van der Waals surface area contributed by atoms with Crippen molar-refractivity contribution in [3.63, 3.8) is 0 Å². The minimum atomic E-state index is -0.694. The van der Waals surface area contributed by atoms with E-state index >= 15 is 0 Å². The van der Waals surface area contributed by atoms with Crippen molar-refractivity contribution < 1.29 is 8.78 Å². The van der Waals surface area contributed by atoms with E-state index in [1.807, 2.05) is 19.1 Å². The Hall–Kier alpha value is -1.18. The van der Waals surface area contributed by atoms with Crippen LogP contribution in [-0.4, -0.2) is 0 Å². The summed E-state index contributed by atoms with van der Waals surface area (Å²) in [5, 5.41) is 0. The molecule has 0 nitrogen and oxygen atoms in total. The van der Waals surface area contributed by atoms with Crippen molar-refractivity contribution in [2.75, 3.05) is 0 Å². The van der Waals surface area contributed by atoms with Gasteiger partial charge in [0.05, 0.1) is 0 Å². The van der Waals surface area contributed by atoms with Crippen LogP contribution in [0.5, 0.6) is 0 Å². The van der Waals surface area contributed by atoms with Crippen LogP contribution in [-0.2, 0) is 0 Å². The summed E-state index contributed by atoms with van der Waals surface area (Å²) in [6.45, 7) is 4.11. The van der Waals surface area contributed by atoms with Crippen LogP contribution in [0, 0.1) is 5.92 Å². The van der Waals surface area contributed by atoms with Crippen LogP contribution in [0.2, 0.25) is 0 Å². The molecule has 2 heteroatoms. The van der Waals surface area contributed by atoms with E-state index in [-0.39, 0.29) is 6.42 Å². The minimum absolute atomic E-state index is 0.176. The highest BCUT2D eigenvalue weighted by molar-refractivity contribution is 5.61. The van der Waals surface area contributed by atoms with E-state index in [1.54, 1.807) is 12.1 Å². The molecule has 0 heterocycles. The van der Waals surface area contributed by atoms with Crippen molar-refractivity contribution >= 4 is 5.83 Å². The van der Waals surface area contributed by atoms with Gasteiger partial charge in [-0.2, -0.15) is 0 Å². The zero-order valence-corrected chi connectivity index (χ0v) is 13.9. The average molecular weight is 306 g/mol. The third-order valence-electron chi connectivity index (χ3n) is 4.89. The van der Waals surface area contributed by atoms with Gasteiger partial charge < -0.3 is 0 Å². The fraction of sp³-hybridized carbons (Fsp3) is 0.600. The number of rotatable bonds is 6. The maximum Gasteiger partial charge on any atom is 0.161 e. The summed E-state index contributed by atoms with van der Waals surface area (Å²) in [5.41, 5.74) is 1.65. The number of hydrogen-bond acceptors (Lipinski definition) is 0. The molecule has 0 aromatic heterocycles. The second-order valence-corrected chi connectivity index (χ2v) is 6.60. The summed E-state index contributed by atoms with van der Waals surface area (Å²) in [6.07, 6.45) is 8.49. The van der Waals surface area contributed by atoms with Crippen molar-refractivity contribution in [3.05, 3.63) is 41.2 Å². The molecule has 1 aliphatic rings. The monoisotopic (exact) mass is 306 g/mol. The quantitative estimate of drug-likeness (QED) is 0.522. The first kappa shape index (κ1) is 17.2. The fourth-order valence-electron chi connectivity index (χ4n) is 3.58. The Morgan fingerprint density at radius 1 is 0.955 bits per heavy atom. The van der Waals surface area contributed by atoms with Gasteiger partial charge in [-0.3, -0.25) is 0 Å². The Morgan fingerprint density at radius 2 is 1.59 bits per heavy atom.